The van der Waals surface area contributed by atoms with Crippen molar-refractivity contribution in [3.8, 4) is 0 Å². The Balaban J connectivity index is 3.52. The van der Waals surface area contributed by atoms with Crippen LogP contribution in [0.3, 0.4) is 0 Å². The molecule has 0 saturated heterocycles. The molecule has 0 atom stereocenters. The van der Waals surface area contributed by atoms with E-state index in [0.29, 0.717) is 6.61 Å². The van der Waals surface area contributed by atoms with Crippen molar-refractivity contribution in [3.63, 3.8) is 0 Å². The van der Waals surface area contributed by atoms with Gasteiger partial charge in [-0.2, -0.15) is 0 Å². The van der Waals surface area contributed by atoms with Crippen LogP contribution in [-0.2, 0) is 9.53 Å². The van der Waals surface area contributed by atoms with Crippen LogP contribution >= 0.6 is 12.2 Å². The molecule has 0 aliphatic rings. The summed E-state index contributed by atoms with van der Waals surface area (Å²) in [5.41, 5.74) is 0.246. The highest BCUT2D eigenvalue weighted by atomic mass is 32.1. The Kier molecular flexibility index (Phi) is 5.65. The van der Waals surface area contributed by atoms with Gasteiger partial charge in [0.15, 0.2) is 0 Å². The number of hydrogen-bond acceptors (Lipinski definition) is 3. The number of ether oxygens (including phenoxy) is 1. The molecule has 3 heteroatoms. The van der Waals surface area contributed by atoms with E-state index in [4.69, 9.17) is 4.74 Å². The maximum Gasteiger partial charge on any atom is 0.338 e. The summed E-state index contributed by atoms with van der Waals surface area (Å²) >= 11 is 4.50. The first-order valence-corrected chi connectivity index (χ1v) is 4.00. The molecule has 0 bridgehead atoms. The van der Waals surface area contributed by atoms with Crippen molar-refractivity contribution in [1.29, 1.82) is 0 Å². The van der Waals surface area contributed by atoms with E-state index in [1.54, 1.807) is 0 Å². The number of unbranched alkanes of at least 4 members (excludes halogenated alkanes) is 1. The number of carbonyl (C=O) groups excluding carboxylic acids is 1. The normalized spacial score (nSPS) is 8.82. The van der Waals surface area contributed by atoms with Crippen molar-refractivity contribution in [1.82, 2.24) is 0 Å². The van der Waals surface area contributed by atoms with Crippen molar-refractivity contribution in [2.75, 3.05) is 6.61 Å². The van der Waals surface area contributed by atoms with Crippen LogP contribution in [0.25, 0.3) is 0 Å². The number of rotatable bonds is 5. The van der Waals surface area contributed by atoms with E-state index in [9.17, 15) is 4.79 Å². The van der Waals surface area contributed by atoms with Gasteiger partial charge in [-0.05, 0) is 6.42 Å². The lowest BCUT2D eigenvalue weighted by Crippen LogP contribution is -2.08. The van der Waals surface area contributed by atoms with Crippen molar-refractivity contribution in [2.24, 2.45) is 0 Å². The van der Waals surface area contributed by atoms with E-state index in [1.807, 2.05) is 6.92 Å². The molecule has 2 nitrogen and oxygen atoms in total. The lowest BCUT2D eigenvalue weighted by molar-refractivity contribution is -0.138. The summed E-state index contributed by atoms with van der Waals surface area (Å²) in [5.74, 6) is -0.409. The summed E-state index contributed by atoms with van der Waals surface area (Å²) in [4.78, 5) is 10.8. The third-order valence-electron chi connectivity index (χ3n) is 1.14. The molecular weight excluding hydrogens is 160 g/mol. The van der Waals surface area contributed by atoms with Gasteiger partial charge in [0.2, 0.25) is 0 Å². The van der Waals surface area contributed by atoms with Crippen LogP contribution in [0.15, 0.2) is 12.2 Å². The largest absolute Gasteiger partial charge is 0.462 e. The zero-order valence-corrected chi connectivity index (χ0v) is 7.45. The second kappa shape index (κ2) is 6.04. The molecule has 0 amide bonds. The third kappa shape index (κ3) is 4.67. The second-order valence-corrected chi connectivity index (χ2v) is 2.37. The minimum absolute atomic E-state index is 0.246. The Hall–Kier alpha value is -0.700. The van der Waals surface area contributed by atoms with Crippen LogP contribution in [-0.4, -0.2) is 17.9 Å². The fourth-order valence-electron chi connectivity index (χ4n) is 0.450. The smallest absolute Gasteiger partial charge is 0.338 e. The molecule has 0 spiro atoms. The van der Waals surface area contributed by atoms with Gasteiger partial charge >= 0.3 is 5.97 Å². The second-order valence-electron chi connectivity index (χ2n) is 2.13. The van der Waals surface area contributed by atoms with Crippen LogP contribution in [0.5, 0.6) is 0 Å². The quantitative estimate of drug-likeness (QED) is 0.274. The molecule has 0 heterocycles. The maximum atomic E-state index is 10.8. The molecule has 0 fully saturated rings. The number of esters is 1. The summed E-state index contributed by atoms with van der Waals surface area (Å²) in [7, 11) is 0. The molecule has 0 unspecified atom stereocenters. The van der Waals surface area contributed by atoms with E-state index in [0.717, 1.165) is 12.8 Å². The first-order valence-electron chi connectivity index (χ1n) is 3.53. The van der Waals surface area contributed by atoms with E-state index in [2.05, 4.69) is 18.8 Å². The van der Waals surface area contributed by atoms with E-state index in [-0.39, 0.29) is 5.57 Å². The molecule has 0 saturated carbocycles. The van der Waals surface area contributed by atoms with Crippen molar-refractivity contribution >= 4 is 23.6 Å². The van der Waals surface area contributed by atoms with Crippen molar-refractivity contribution in [3.05, 3.63) is 12.2 Å². The van der Waals surface area contributed by atoms with Crippen molar-refractivity contribution in [2.45, 2.75) is 19.8 Å². The molecule has 0 aromatic carbocycles. The Morgan fingerprint density at radius 1 is 1.73 bits per heavy atom. The minimum Gasteiger partial charge on any atom is -0.462 e. The summed E-state index contributed by atoms with van der Waals surface area (Å²) in [6.45, 7) is 5.90. The zero-order chi connectivity index (χ0) is 8.69. The van der Waals surface area contributed by atoms with Gasteiger partial charge in [-0.1, -0.05) is 32.1 Å². The molecule has 11 heavy (non-hydrogen) atoms. The van der Waals surface area contributed by atoms with E-state index in [1.165, 1.54) is 5.37 Å². The van der Waals surface area contributed by atoms with Gasteiger partial charge in [0.05, 0.1) is 12.2 Å². The zero-order valence-electron chi connectivity index (χ0n) is 6.63. The highest BCUT2D eigenvalue weighted by Gasteiger charge is 2.03. The summed E-state index contributed by atoms with van der Waals surface area (Å²) in [6.07, 6.45) is 1.90. The highest BCUT2D eigenvalue weighted by molar-refractivity contribution is 7.79. The molecule has 0 aromatic rings. The Labute approximate surface area is 72.2 Å². The predicted octanol–water partition coefficient (Wildman–Crippen LogP) is 1.89. The molecule has 0 rings (SSSR count). The van der Waals surface area contributed by atoms with Crippen LogP contribution in [0.1, 0.15) is 19.8 Å². The van der Waals surface area contributed by atoms with Crippen LogP contribution < -0.4 is 0 Å². The molecule has 0 radical (unpaired) electrons. The standard InChI is InChI=1S/C8H12O2S/c1-3-4-5-10-8(9)7(2)6-11/h6H,2-5H2,1H3. The first kappa shape index (κ1) is 10.3. The highest BCUT2D eigenvalue weighted by Crippen LogP contribution is 1.94. The Morgan fingerprint density at radius 2 is 2.36 bits per heavy atom. The number of thiocarbonyl (C=S) groups is 1. The lowest BCUT2D eigenvalue weighted by atomic mass is 10.3. The first-order chi connectivity index (χ1) is 5.22. The summed E-state index contributed by atoms with van der Waals surface area (Å²) in [6, 6.07) is 0. The fourth-order valence-corrected chi connectivity index (χ4v) is 0.546. The van der Waals surface area contributed by atoms with Crippen molar-refractivity contribution < 1.29 is 9.53 Å². The van der Waals surface area contributed by atoms with E-state index < -0.39 is 5.97 Å². The fraction of sp³-hybridized carbons (Fsp3) is 0.500. The van der Waals surface area contributed by atoms with E-state index >= 15 is 0 Å². The lowest BCUT2D eigenvalue weighted by Gasteiger charge is -2.01. The predicted molar refractivity (Wildman–Crippen MR) is 48.7 cm³/mol. The van der Waals surface area contributed by atoms with Crippen LogP contribution in [0.4, 0.5) is 0 Å². The topological polar surface area (TPSA) is 26.3 Å². The van der Waals surface area contributed by atoms with Gasteiger partial charge in [-0.25, -0.2) is 4.79 Å². The molecule has 0 N–H and O–H groups in total. The third-order valence-corrected chi connectivity index (χ3v) is 1.42. The number of hydrogen-bond donors (Lipinski definition) is 0. The molecule has 0 aromatic heterocycles. The summed E-state index contributed by atoms with van der Waals surface area (Å²) < 4.78 is 4.80. The van der Waals surface area contributed by atoms with Crippen LogP contribution in [0, 0.1) is 0 Å². The van der Waals surface area contributed by atoms with Gasteiger partial charge in [0.1, 0.15) is 0 Å². The number of carbonyl (C=O) groups is 1. The molecular formula is C8H12O2S. The Morgan fingerprint density at radius 3 is 2.82 bits per heavy atom. The summed E-state index contributed by atoms with van der Waals surface area (Å²) in [5, 5.41) is 1.23. The molecule has 0 aliphatic heterocycles. The van der Waals surface area contributed by atoms with Gasteiger partial charge in [0, 0.05) is 5.37 Å². The maximum absolute atomic E-state index is 10.8. The molecule has 62 valence electrons. The van der Waals surface area contributed by atoms with Gasteiger partial charge in [-0.15, -0.1) is 0 Å². The SMILES string of the molecule is C=C(C=S)C(=O)OCCCC. The monoisotopic (exact) mass is 172 g/mol. The average molecular weight is 172 g/mol. The Bertz CT molecular complexity index is 163. The van der Waals surface area contributed by atoms with Crippen LogP contribution in [0.2, 0.25) is 0 Å². The molecule has 0 aliphatic carbocycles. The minimum atomic E-state index is -0.409. The average Bonchev–Trinajstić information content (AvgIpc) is 2.03. The van der Waals surface area contributed by atoms with Gasteiger partial charge in [-0.3, -0.25) is 0 Å². The van der Waals surface area contributed by atoms with Gasteiger partial charge < -0.3 is 4.74 Å². The van der Waals surface area contributed by atoms with Gasteiger partial charge in [0.25, 0.3) is 0 Å².